The predicted octanol–water partition coefficient (Wildman–Crippen LogP) is 0.612. The molecule has 1 unspecified atom stereocenters. The molecule has 0 heterocycles. The van der Waals surface area contributed by atoms with Gasteiger partial charge < -0.3 is 10.6 Å². The highest BCUT2D eigenvalue weighted by Gasteiger charge is 2.23. The van der Waals surface area contributed by atoms with Gasteiger partial charge in [0.15, 0.2) is 0 Å². The fraction of sp³-hybridized carbons (Fsp3) is 0.385. The van der Waals surface area contributed by atoms with Gasteiger partial charge in [-0.1, -0.05) is 0 Å². The summed E-state index contributed by atoms with van der Waals surface area (Å²) in [6, 6.07) is 1.35. The largest absolute Gasteiger partial charge is 0.345 e. The molecule has 0 saturated heterocycles. The normalized spacial score (nSPS) is 12.3. The van der Waals surface area contributed by atoms with E-state index in [4.69, 9.17) is 0 Å². The van der Waals surface area contributed by atoms with Gasteiger partial charge in [0.2, 0.25) is 11.8 Å². The standard InChI is InChI=1S/C13H16FN3O6S/c1-8(18)15-11(5-6-24(2,22)23)13(19)16-12-7-9(17(20)21)3-4-10(12)14/h3-4,7,11H,5-6H2,1-2H3,(H,15,18)(H,16,19). The first-order chi connectivity index (χ1) is 11.0. The van der Waals surface area contributed by atoms with Gasteiger partial charge in [-0.25, -0.2) is 12.8 Å². The van der Waals surface area contributed by atoms with Gasteiger partial charge in [-0.3, -0.25) is 19.7 Å². The molecule has 0 fully saturated rings. The number of carbonyl (C=O) groups is 2. The van der Waals surface area contributed by atoms with Crippen LogP contribution < -0.4 is 10.6 Å². The van der Waals surface area contributed by atoms with E-state index in [1.807, 2.05) is 0 Å². The number of nitro groups is 1. The minimum absolute atomic E-state index is 0.221. The van der Waals surface area contributed by atoms with E-state index >= 15 is 0 Å². The van der Waals surface area contributed by atoms with E-state index in [0.29, 0.717) is 0 Å². The molecule has 2 N–H and O–H groups in total. The smallest absolute Gasteiger partial charge is 0.271 e. The lowest BCUT2D eigenvalue weighted by atomic mass is 10.2. The second kappa shape index (κ2) is 7.81. The van der Waals surface area contributed by atoms with Crippen molar-refractivity contribution in [2.45, 2.75) is 19.4 Å². The van der Waals surface area contributed by atoms with Crippen LogP contribution >= 0.6 is 0 Å². The topological polar surface area (TPSA) is 135 Å². The average molecular weight is 361 g/mol. The highest BCUT2D eigenvalue weighted by Crippen LogP contribution is 2.21. The zero-order chi connectivity index (χ0) is 18.5. The molecule has 1 atom stereocenters. The van der Waals surface area contributed by atoms with Crippen molar-refractivity contribution in [3.05, 3.63) is 34.1 Å². The van der Waals surface area contributed by atoms with E-state index in [2.05, 4.69) is 10.6 Å². The van der Waals surface area contributed by atoms with E-state index in [9.17, 15) is 32.5 Å². The van der Waals surface area contributed by atoms with Crippen LogP contribution in [0, 0.1) is 15.9 Å². The average Bonchev–Trinajstić information content (AvgIpc) is 2.44. The van der Waals surface area contributed by atoms with E-state index < -0.39 is 49.8 Å². The van der Waals surface area contributed by atoms with Crippen LogP contribution in [0.5, 0.6) is 0 Å². The van der Waals surface area contributed by atoms with Crippen LogP contribution in [0.2, 0.25) is 0 Å². The molecule has 0 saturated carbocycles. The SMILES string of the molecule is CC(=O)NC(CCS(C)(=O)=O)C(=O)Nc1cc([N+](=O)[O-])ccc1F. The van der Waals surface area contributed by atoms with Crippen LogP contribution in [0.4, 0.5) is 15.8 Å². The molecule has 9 nitrogen and oxygen atoms in total. The minimum Gasteiger partial charge on any atom is -0.345 e. The highest BCUT2D eigenvalue weighted by molar-refractivity contribution is 7.90. The molecular weight excluding hydrogens is 345 g/mol. The number of nitrogens with one attached hydrogen (secondary N) is 2. The lowest BCUT2D eigenvalue weighted by Gasteiger charge is -2.17. The molecule has 1 rings (SSSR count). The van der Waals surface area contributed by atoms with E-state index in [0.717, 1.165) is 31.4 Å². The van der Waals surface area contributed by atoms with Crippen LogP contribution in [0.15, 0.2) is 18.2 Å². The van der Waals surface area contributed by atoms with Crippen LogP contribution in [0.25, 0.3) is 0 Å². The third-order valence-electron chi connectivity index (χ3n) is 2.89. The molecule has 1 aromatic carbocycles. The van der Waals surface area contributed by atoms with Gasteiger partial charge >= 0.3 is 0 Å². The predicted molar refractivity (Wildman–Crippen MR) is 83.6 cm³/mol. The molecule has 0 aliphatic carbocycles. The first kappa shape index (κ1) is 19.5. The van der Waals surface area contributed by atoms with E-state index in [1.165, 1.54) is 0 Å². The number of nitrogens with zero attached hydrogens (tertiary/aromatic N) is 1. The lowest BCUT2D eigenvalue weighted by molar-refractivity contribution is -0.384. The zero-order valence-corrected chi connectivity index (χ0v) is 13.7. The number of amides is 2. The molecule has 0 aliphatic rings. The van der Waals surface area contributed by atoms with Gasteiger partial charge in [-0.2, -0.15) is 0 Å². The number of carbonyl (C=O) groups excluding carboxylic acids is 2. The van der Waals surface area contributed by atoms with Crippen LogP contribution in [0.1, 0.15) is 13.3 Å². The number of hydrogen-bond acceptors (Lipinski definition) is 6. The maximum Gasteiger partial charge on any atom is 0.271 e. The Morgan fingerprint density at radius 1 is 1.38 bits per heavy atom. The van der Waals surface area contributed by atoms with Gasteiger partial charge in [0.05, 0.1) is 16.4 Å². The molecule has 132 valence electrons. The Balaban J connectivity index is 2.96. The maximum atomic E-state index is 13.7. The third kappa shape index (κ3) is 6.28. The molecule has 0 bridgehead atoms. The quantitative estimate of drug-likeness (QED) is 0.539. The van der Waals surface area contributed by atoms with Gasteiger partial charge in [0.1, 0.15) is 21.7 Å². The van der Waals surface area contributed by atoms with E-state index in [1.54, 1.807) is 0 Å². The number of non-ortho nitro benzene ring substituents is 1. The van der Waals surface area contributed by atoms with Crippen LogP contribution in [-0.4, -0.2) is 43.2 Å². The first-order valence-electron chi connectivity index (χ1n) is 6.69. The van der Waals surface area contributed by atoms with Gasteiger partial charge in [0.25, 0.3) is 5.69 Å². The molecule has 0 radical (unpaired) electrons. The lowest BCUT2D eigenvalue weighted by Crippen LogP contribution is -2.44. The van der Waals surface area contributed by atoms with Gasteiger partial charge in [-0.05, 0) is 12.5 Å². The Morgan fingerprint density at radius 3 is 2.50 bits per heavy atom. The van der Waals surface area contributed by atoms with Crippen molar-refractivity contribution in [2.75, 3.05) is 17.3 Å². The fourth-order valence-corrected chi connectivity index (χ4v) is 2.45. The Labute approximate surface area is 137 Å². The summed E-state index contributed by atoms with van der Waals surface area (Å²) in [5, 5.41) is 15.1. The summed E-state index contributed by atoms with van der Waals surface area (Å²) < 4.78 is 36.1. The number of halogens is 1. The Hall–Kier alpha value is -2.56. The van der Waals surface area contributed by atoms with Crippen molar-refractivity contribution in [3.8, 4) is 0 Å². The maximum absolute atomic E-state index is 13.7. The Morgan fingerprint density at radius 2 is 2.00 bits per heavy atom. The van der Waals surface area contributed by atoms with Crippen LogP contribution in [0.3, 0.4) is 0 Å². The van der Waals surface area contributed by atoms with Crippen molar-refractivity contribution < 1.29 is 27.3 Å². The summed E-state index contributed by atoms with van der Waals surface area (Å²) in [5.41, 5.74) is -0.872. The summed E-state index contributed by atoms with van der Waals surface area (Å²) >= 11 is 0. The molecule has 11 heteroatoms. The first-order valence-corrected chi connectivity index (χ1v) is 8.75. The van der Waals surface area contributed by atoms with Crippen molar-refractivity contribution in [1.29, 1.82) is 0 Å². The summed E-state index contributed by atoms with van der Waals surface area (Å²) in [5.74, 6) is -2.74. The molecule has 24 heavy (non-hydrogen) atoms. The molecule has 2 amide bonds. The summed E-state index contributed by atoms with van der Waals surface area (Å²) in [6.07, 6.45) is 0.747. The monoisotopic (exact) mass is 361 g/mol. The second-order valence-electron chi connectivity index (χ2n) is 5.08. The molecule has 0 aromatic heterocycles. The van der Waals surface area contributed by atoms with Gasteiger partial charge in [0, 0.05) is 25.3 Å². The fourth-order valence-electron chi connectivity index (χ4n) is 1.79. The highest BCUT2D eigenvalue weighted by atomic mass is 32.2. The minimum atomic E-state index is -3.38. The van der Waals surface area contributed by atoms with Crippen molar-refractivity contribution in [1.82, 2.24) is 5.32 Å². The van der Waals surface area contributed by atoms with Crippen LogP contribution in [-0.2, 0) is 19.4 Å². The molecule has 1 aromatic rings. The van der Waals surface area contributed by atoms with Crippen molar-refractivity contribution in [2.24, 2.45) is 0 Å². The number of anilines is 1. The molecule has 0 aliphatic heterocycles. The van der Waals surface area contributed by atoms with E-state index in [-0.39, 0.29) is 12.2 Å². The van der Waals surface area contributed by atoms with Crippen molar-refractivity contribution >= 4 is 33.0 Å². The second-order valence-corrected chi connectivity index (χ2v) is 7.34. The number of hydrogen-bond donors (Lipinski definition) is 2. The summed E-state index contributed by atoms with van der Waals surface area (Å²) in [7, 11) is -3.38. The third-order valence-corrected chi connectivity index (χ3v) is 3.87. The Kier molecular flexibility index (Phi) is 6.35. The molecule has 0 spiro atoms. The Bertz CT molecular complexity index is 765. The number of rotatable bonds is 7. The number of benzene rings is 1. The number of nitro benzene ring substituents is 1. The summed E-state index contributed by atoms with van der Waals surface area (Å²) in [6.45, 7) is 1.13. The summed E-state index contributed by atoms with van der Waals surface area (Å²) in [4.78, 5) is 33.2. The number of sulfone groups is 1. The molecular formula is C13H16FN3O6S. The zero-order valence-electron chi connectivity index (χ0n) is 12.9. The van der Waals surface area contributed by atoms with Crippen molar-refractivity contribution in [3.63, 3.8) is 0 Å². The van der Waals surface area contributed by atoms with Gasteiger partial charge in [-0.15, -0.1) is 0 Å².